The van der Waals surface area contributed by atoms with Crippen LogP contribution in [0.5, 0.6) is 0 Å². The van der Waals surface area contributed by atoms with Gasteiger partial charge in [0.1, 0.15) is 18.0 Å². The molecule has 1 aromatic heterocycles. The van der Waals surface area contributed by atoms with Crippen LogP contribution in [0.4, 0.5) is 5.95 Å². The van der Waals surface area contributed by atoms with E-state index >= 15 is 0 Å². The molecule has 1 aliphatic rings. The monoisotopic (exact) mass is 290 g/mol. The molecule has 1 aromatic rings. The number of aromatic amines is 1. The number of anilines is 1. The zero-order valence-electron chi connectivity index (χ0n) is 11.6. The van der Waals surface area contributed by atoms with E-state index in [0.717, 1.165) is 32.7 Å². The van der Waals surface area contributed by atoms with Crippen molar-refractivity contribution in [3.8, 4) is 6.07 Å². The summed E-state index contributed by atoms with van der Waals surface area (Å²) in [6, 6.07) is 1.85. The van der Waals surface area contributed by atoms with E-state index in [1.807, 2.05) is 6.07 Å². The first-order chi connectivity index (χ1) is 10.3. The van der Waals surface area contributed by atoms with Gasteiger partial charge in [-0.15, -0.1) is 0 Å². The third-order valence-corrected chi connectivity index (χ3v) is 3.06. The summed E-state index contributed by atoms with van der Waals surface area (Å²) in [5.74, 6) is -0.0315. The molecule has 0 aliphatic carbocycles. The maximum absolute atomic E-state index is 11.9. The number of hydrogen-bond acceptors (Lipinski definition) is 7. The second-order valence-corrected chi connectivity index (χ2v) is 4.50. The Morgan fingerprint density at radius 2 is 2.33 bits per heavy atom. The molecule has 1 saturated heterocycles. The van der Waals surface area contributed by atoms with Crippen LogP contribution in [0.2, 0.25) is 0 Å². The molecule has 1 aliphatic heterocycles. The van der Waals surface area contributed by atoms with E-state index in [2.05, 4.69) is 36.0 Å². The Morgan fingerprint density at radius 1 is 1.52 bits per heavy atom. The fourth-order valence-electron chi connectivity index (χ4n) is 1.92. The number of amides is 1. The van der Waals surface area contributed by atoms with Crippen molar-refractivity contribution in [3.63, 3.8) is 0 Å². The van der Waals surface area contributed by atoms with E-state index in [1.165, 1.54) is 12.5 Å². The highest BCUT2D eigenvalue weighted by Crippen LogP contribution is 1.97. The normalized spacial score (nSPS) is 16.2. The molecule has 2 rings (SSSR count). The summed E-state index contributed by atoms with van der Waals surface area (Å²) in [4.78, 5) is 17.9. The Balaban J connectivity index is 1.74. The van der Waals surface area contributed by atoms with E-state index in [-0.39, 0.29) is 5.57 Å². The van der Waals surface area contributed by atoms with Crippen molar-refractivity contribution >= 4 is 11.9 Å². The topological polar surface area (TPSA) is 122 Å². The maximum atomic E-state index is 11.9. The van der Waals surface area contributed by atoms with Crippen LogP contribution in [0, 0.1) is 11.3 Å². The second kappa shape index (κ2) is 7.98. The molecule has 0 aromatic carbocycles. The van der Waals surface area contributed by atoms with Gasteiger partial charge in [0.15, 0.2) is 0 Å². The average molecular weight is 290 g/mol. The molecule has 1 fully saturated rings. The molecule has 0 radical (unpaired) electrons. The number of rotatable bonds is 6. The summed E-state index contributed by atoms with van der Waals surface area (Å²) in [7, 11) is 0. The molecule has 0 atom stereocenters. The van der Waals surface area contributed by atoms with Crippen LogP contribution in [0.25, 0.3) is 0 Å². The van der Waals surface area contributed by atoms with Gasteiger partial charge in [-0.05, 0) is 0 Å². The molecular weight excluding hydrogens is 272 g/mol. The zero-order chi connectivity index (χ0) is 14.9. The van der Waals surface area contributed by atoms with E-state index in [4.69, 9.17) is 5.26 Å². The van der Waals surface area contributed by atoms with Crippen LogP contribution in [-0.2, 0) is 4.79 Å². The molecular formula is C12H18N8O. The first kappa shape index (κ1) is 15.0. The first-order valence-electron chi connectivity index (χ1n) is 6.73. The lowest BCUT2D eigenvalue weighted by molar-refractivity contribution is -0.117. The standard InChI is InChI=1S/C12H18N8O/c13-7-10(8-16-12-17-9-18-19-12)11(21)15-3-6-20-4-1-14-2-5-20/h8-9,14H,1-6H2,(H,15,21)(H2,16,17,18,19)/b10-8-. The van der Waals surface area contributed by atoms with Crippen LogP contribution in [0.3, 0.4) is 0 Å². The number of nitrogens with one attached hydrogen (secondary N) is 4. The highest BCUT2D eigenvalue weighted by atomic mass is 16.1. The Bertz CT molecular complexity index is 512. The van der Waals surface area contributed by atoms with Crippen LogP contribution in [0.15, 0.2) is 18.1 Å². The van der Waals surface area contributed by atoms with Crippen molar-refractivity contribution in [2.45, 2.75) is 0 Å². The number of carbonyl (C=O) groups is 1. The van der Waals surface area contributed by atoms with Gasteiger partial charge < -0.3 is 16.0 Å². The summed E-state index contributed by atoms with van der Waals surface area (Å²) in [6.07, 6.45) is 2.64. The van der Waals surface area contributed by atoms with Crippen LogP contribution in [-0.4, -0.2) is 65.3 Å². The van der Waals surface area contributed by atoms with Gasteiger partial charge in [-0.25, -0.2) is 5.10 Å². The number of aromatic nitrogens is 3. The van der Waals surface area contributed by atoms with Gasteiger partial charge in [-0.1, -0.05) is 0 Å². The van der Waals surface area contributed by atoms with Gasteiger partial charge in [0, 0.05) is 45.5 Å². The lowest BCUT2D eigenvalue weighted by Gasteiger charge is -2.27. The van der Waals surface area contributed by atoms with Gasteiger partial charge in [0.25, 0.3) is 5.91 Å². The van der Waals surface area contributed by atoms with Gasteiger partial charge >= 0.3 is 0 Å². The molecule has 0 bridgehead atoms. The minimum Gasteiger partial charge on any atom is -0.350 e. The van der Waals surface area contributed by atoms with Crippen molar-refractivity contribution < 1.29 is 4.79 Å². The minimum atomic E-state index is -0.403. The summed E-state index contributed by atoms with van der Waals surface area (Å²) in [5, 5.41) is 23.9. The highest BCUT2D eigenvalue weighted by molar-refractivity contribution is 5.97. The van der Waals surface area contributed by atoms with Gasteiger partial charge in [-0.2, -0.15) is 15.3 Å². The summed E-state index contributed by atoms with van der Waals surface area (Å²) >= 11 is 0. The molecule has 0 saturated carbocycles. The van der Waals surface area contributed by atoms with Gasteiger partial charge in [0.05, 0.1) is 0 Å². The minimum absolute atomic E-state index is 0.00768. The molecule has 0 spiro atoms. The lowest BCUT2D eigenvalue weighted by Crippen LogP contribution is -2.46. The molecule has 112 valence electrons. The largest absolute Gasteiger partial charge is 0.350 e. The number of nitriles is 1. The molecule has 0 unspecified atom stereocenters. The van der Waals surface area contributed by atoms with Crippen molar-refractivity contribution in [1.29, 1.82) is 5.26 Å². The molecule has 1 amide bonds. The lowest BCUT2D eigenvalue weighted by atomic mass is 10.3. The Labute approximate surface area is 122 Å². The van der Waals surface area contributed by atoms with Crippen LogP contribution in [0.1, 0.15) is 0 Å². The molecule has 9 heteroatoms. The fourth-order valence-corrected chi connectivity index (χ4v) is 1.92. The van der Waals surface area contributed by atoms with Gasteiger partial charge in [-0.3, -0.25) is 9.69 Å². The predicted molar refractivity (Wildman–Crippen MR) is 76.0 cm³/mol. The number of nitrogens with zero attached hydrogens (tertiary/aromatic N) is 4. The smallest absolute Gasteiger partial charge is 0.263 e. The molecule has 2 heterocycles. The molecule has 21 heavy (non-hydrogen) atoms. The molecule has 4 N–H and O–H groups in total. The number of carbonyl (C=O) groups excluding carboxylic acids is 1. The predicted octanol–water partition coefficient (Wildman–Crippen LogP) is -1.35. The summed E-state index contributed by atoms with van der Waals surface area (Å²) in [6.45, 7) is 5.19. The highest BCUT2D eigenvalue weighted by Gasteiger charge is 2.11. The van der Waals surface area contributed by atoms with Gasteiger partial charge in [0.2, 0.25) is 5.95 Å². The Kier molecular flexibility index (Phi) is 5.69. The van der Waals surface area contributed by atoms with Crippen molar-refractivity contribution in [3.05, 3.63) is 18.1 Å². The quantitative estimate of drug-likeness (QED) is 0.377. The zero-order valence-corrected chi connectivity index (χ0v) is 11.6. The van der Waals surface area contributed by atoms with Crippen LogP contribution >= 0.6 is 0 Å². The average Bonchev–Trinajstić information content (AvgIpc) is 3.02. The summed E-state index contributed by atoms with van der Waals surface area (Å²) in [5.41, 5.74) is -0.00768. The first-order valence-corrected chi connectivity index (χ1v) is 6.73. The van der Waals surface area contributed by atoms with Crippen molar-refractivity contribution in [2.24, 2.45) is 0 Å². The number of hydrogen-bond donors (Lipinski definition) is 4. The van der Waals surface area contributed by atoms with E-state index < -0.39 is 5.91 Å². The second-order valence-electron chi connectivity index (χ2n) is 4.50. The summed E-state index contributed by atoms with van der Waals surface area (Å²) < 4.78 is 0. The van der Waals surface area contributed by atoms with Crippen LogP contribution < -0.4 is 16.0 Å². The van der Waals surface area contributed by atoms with E-state index in [9.17, 15) is 4.79 Å². The van der Waals surface area contributed by atoms with E-state index in [1.54, 1.807) is 0 Å². The number of H-pyrrole nitrogens is 1. The SMILES string of the molecule is N#C/C(=C/Nc1ncn[nH]1)C(=O)NCCN1CCNCC1. The fraction of sp³-hybridized carbons (Fsp3) is 0.500. The van der Waals surface area contributed by atoms with E-state index in [0.29, 0.717) is 12.5 Å². The van der Waals surface area contributed by atoms with Crippen molar-refractivity contribution in [1.82, 2.24) is 30.7 Å². The third kappa shape index (κ3) is 4.87. The Morgan fingerprint density at radius 3 is 3.00 bits per heavy atom. The molecule has 9 nitrogen and oxygen atoms in total. The Hall–Kier alpha value is -2.44. The third-order valence-electron chi connectivity index (χ3n) is 3.06. The number of piperazine rings is 1. The maximum Gasteiger partial charge on any atom is 0.263 e. The van der Waals surface area contributed by atoms with Crippen molar-refractivity contribution in [2.75, 3.05) is 44.6 Å².